The van der Waals surface area contributed by atoms with Crippen molar-refractivity contribution in [2.45, 2.75) is 38.8 Å². The summed E-state index contributed by atoms with van der Waals surface area (Å²) in [6.07, 6.45) is 7.48. The monoisotopic (exact) mass is 578 g/mol. The molecule has 5 aromatic rings. The van der Waals surface area contributed by atoms with Crippen LogP contribution < -0.4 is 10.9 Å². The molecule has 2 bridgehead atoms. The SMILES string of the molecule is C[C@@H]1CCC[C@H](n2cnc(-c3cc(Cl)cc4c3cnn4C)cc2=O)c2cc(ccn2)-c2c(cnn2C(F)F)NC1=O. The summed E-state index contributed by atoms with van der Waals surface area (Å²) in [4.78, 5) is 35.6. The lowest BCUT2D eigenvalue weighted by Gasteiger charge is -2.22. The molecule has 0 unspecified atom stereocenters. The third-order valence-electron chi connectivity index (χ3n) is 7.48. The fourth-order valence-electron chi connectivity index (χ4n) is 5.32. The van der Waals surface area contributed by atoms with Crippen molar-refractivity contribution in [1.82, 2.24) is 34.1 Å². The standard InChI is InChI=1S/C28H25ClF2N8O2/c1-15-4-3-5-23(21-8-16(6-7-32-21)26-22(36-27(15)41)13-35-39(26)28(30)31)38-14-33-20(11-25(38)40)18-9-17(29)10-24-19(18)12-34-37(24)2/h6-15,23,28H,3-5H2,1-2H3,(H,36,41)/t15-,23+/m1/s1. The summed E-state index contributed by atoms with van der Waals surface area (Å²) in [5, 5.41) is 12.2. The molecule has 0 radical (unpaired) electrons. The average molecular weight is 579 g/mol. The summed E-state index contributed by atoms with van der Waals surface area (Å²) < 4.78 is 31.5. The minimum atomic E-state index is -2.93. The van der Waals surface area contributed by atoms with E-state index in [0.717, 1.165) is 10.9 Å². The zero-order valence-electron chi connectivity index (χ0n) is 22.1. The number of rotatable bonds is 3. The molecule has 4 aromatic heterocycles. The van der Waals surface area contributed by atoms with Gasteiger partial charge in [0.15, 0.2) is 0 Å². The van der Waals surface area contributed by atoms with Gasteiger partial charge in [0, 0.05) is 46.8 Å². The first-order valence-electron chi connectivity index (χ1n) is 13.0. The van der Waals surface area contributed by atoms with Crippen molar-refractivity contribution in [3.8, 4) is 22.5 Å². The summed E-state index contributed by atoms with van der Waals surface area (Å²) in [6, 6.07) is 7.65. The molecule has 2 atom stereocenters. The van der Waals surface area contributed by atoms with Crippen molar-refractivity contribution < 1.29 is 13.6 Å². The number of halogens is 3. The van der Waals surface area contributed by atoms with Gasteiger partial charge in [0.25, 0.3) is 5.56 Å². The highest BCUT2D eigenvalue weighted by molar-refractivity contribution is 6.31. The Kier molecular flexibility index (Phi) is 6.86. The van der Waals surface area contributed by atoms with E-state index in [9.17, 15) is 18.4 Å². The number of hydrogen-bond donors (Lipinski definition) is 1. The van der Waals surface area contributed by atoms with Gasteiger partial charge in [-0.15, -0.1) is 0 Å². The fraction of sp³-hybridized carbons (Fsp3) is 0.286. The van der Waals surface area contributed by atoms with E-state index in [1.54, 1.807) is 49.1 Å². The quantitative estimate of drug-likeness (QED) is 0.304. The van der Waals surface area contributed by atoms with E-state index in [4.69, 9.17) is 11.6 Å². The number of aromatic nitrogens is 7. The zero-order chi connectivity index (χ0) is 28.8. The molecule has 0 aliphatic carbocycles. The maximum absolute atomic E-state index is 13.9. The van der Waals surface area contributed by atoms with Crippen LogP contribution in [0.4, 0.5) is 14.5 Å². The number of hydrogen-bond acceptors (Lipinski definition) is 6. The molecule has 210 valence electrons. The molecule has 5 heterocycles. The van der Waals surface area contributed by atoms with Crippen LogP contribution >= 0.6 is 11.6 Å². The normalized spacial score (nSPS) is 17.7. The number of fused-ring (bicyclic) bond motifs is 5. The van der Waals surface area contributed by atoms with Crippen LogP contribution in [0, 0.1) is 5.92 Å². The molecule has 10 nitrogen and oxygen atoms in total. The van der Waals surface area contributed by atoms with E-state index in [2.05, 4.69) is 25.5 Å². The number of carbonyl (C=O) groups is 1. The first kappa shape index (κ1) is 26.8. The molecule has 0 spiro atoms. The predicted molar refractivity (Wildman–Crippen MR) is 150 cm³/mol. The maximum atomic E-state index is 13.9. The van der Waals surface area contributed by atoms with Crippen molar-refractivity contribution in [3.63, 3.8) is 0 Å². The Balaban J connectivity index is 1.46. The minimum absolute atomic E-state index is 0.0609. The second-order valence-corrected chi connectivity index (χ2v) is 10.5. The van der Waals surface area contributed by atoms with Gasteiger partial charge in [0.1, 0.15) is 0 Å². The summed E-state index contributed by atoms with van der Waals surface area (Å²) in [5.74, 6) is -0.691. The van der Waals surface area contributed by atoms with Gasteiger partial charge >= 0.3 is 6.55 Å². The number of benzene rings is 1. The van der Waals surface area contributed by atoms with E-state index in [-0.39, 0.29) is 22.8 Å². The Bertz CT molecular complexity index is 1850. The number of anilines is 1. The molecule has 1 N–H and O–H groups in total. The number of carbonyl (C=O) groups excluding carboxylic acids is 1. The molecule has 13 heteroatoms. The number of alkyl halides is 2. The van der Waals surface area contributed by atoms with Crippen LogP contribution in [-0.4, -0.2) is 40.0 Å². The van der Waals surface area contributed by atoms with Crippen LogP contribution in [0.1, 0.15) is 44.5 Å². The van der Waals surface area contributed by atoms with Crippen LogP contribution in [-0.2, 0) is 11.8 Å². The van der Waals surface area contributed by atoms with Crippen LogP contribution in [0.25, 0.3) is 33.4 Å². The number of nitrogens with zero attached hydrogens (tertiary/aromatic N) is 7. The highest BCUT2D eigenvalue weighted by atomic mass is 35.5. The van der Waals surface area contributed by atoms with Crippen LogP contribution in [0.15, 0.2) is 60.0 Å². The first-order valence-corrected chi connectivity index (χ1v) is 13.4. The van der Waals surface area contributed by atoms with Gasteiger partial charge in [0.2, 0.25) is 5.91 Å². The van der Waals surface area contributed by atoms with E-state index in [1.807, 2.05) is 0 Å². The Morgan fingerprint density at radius 1 is 1.07 bits per heavy atom. The van der Waals surface area contributed by atoms with Crippen molar-refractivity contribution in [3.05, 3.63) is 76.3 Å². The summed E-state index contributed by atoms with van der Waals surface area (Å²) in [6.45, 7) is -1.15. The van der Waals surface area contributed by atoms with Crippen LogP contribution in [0.5, 0.6) is 0 Å². The minimum Gasteiger partial charge on any atom is -0.323 e. The molecule has 1 amide bonds. The van der Waals surface area contributed by atoms with Gasteiger partial charge < -0.3 is 5.32 Å². The van der Waals surface area contributed by atoms with Gasteiger partial charge in [0.05, 0.1) is 53.0 Å². The molecular formula is C28H25ClF2N8O2. The van der Waals surface area contributed by atoms with E-state index < -0.39 is 18.5 Å². The highest BCUT2D eigenvalue weighted by Gasteiger charge is 2.26. The third-order valence-corrected chi connectivity index (χ3v) is 7.69. The van der Waals surface area contributed by atoms with Gasteiger partial charge in [-0.3, -0.25) is 23.8 Å². The van der Waals surface area contributed by atoms with E-state index in [1.165, 1.54) is 29.4 Å². The fourth-order valence-corrected chi connectivity index (χ4v) is 5.53. The van der Waals surface area contributed by atoms with Crippen LogP contribution in [0.2, 0.25) is 5.02 Å². The van der Waals surface area contributed by atoms with Gasteiger partial charge in [-0.05, 0) is 37.1 Å². The summed E-state index contributed by atoms with van der Waals surface area (Å²) >= 11 is 6.36. The molecule has 1 aliphatic heterocycles. The lowest BCUT2D eigenvalue weighted by atomic mass is 9.97. The van der Waals surface area contributed by atoms with E-state index in [0.29, 0.717) is 51.5 Å². The van der Waals surface area contributed by atoms with E-state index >= 15 is 0 Å². The van der Waals surface area contributed by atoms with Crippen molar-refractivity contribution in [2.24, 2.45) is 13.0 Å². The summed E-state index contributed by atoms with van der Waals surface area (Å²) in [7, 11) is 1.81. The first-order chi connectivity index (χ1) is 19.7. The largest absolute Gasteiger partial charge is 0.333 e. The second-order valence-electron chi connectivity index (χ2n) is 10.1. The number of pyridine rings is 1. The molecule has 0 saturated heterocycles. The second kappa shape index (κ2) is 10.5. The molecule has 6 rings (SSSR count). The average Bonchev–Trinajstić information content (AvgIpc) is 3.54. The Morgan fingerprint density at radius 2 is 1.90 bits per heavy atom. The number of amides is 1. The van der Waals surface area contributed by atoms with Crippen LogP contribution in [0.3, 0.4) is 0 Å². The van der Waals surface area contributed by atoms with Crippen molar-refractivity contribution >= 4 is 34.1 Å². The van der Waals surface area contributed by atoms with Crippen molar-refractivity contribution in [1.29, 1.82) is 0 Å². The Hall–Kier alpha value is -4.45. The van der Waals surface area contributed by atoms with Gasteiger partial charge in [-0.2, -0.15) is 19.0 Å². The third kappa shape index (κ3) is 4.88. The highest BCUT2D eigenvalue weighted by Crippen LogP contribution is 2.35. The molecule has 1 aromatic carbocycles. The Labute approximate surface area is 237 Å². The smallest absolute Gasteiger partial charge is 0.323 e. The van der Waals surface area contributed by atoms with Crippen molar-refractivity contribution in [2.75, 3.05) is 5.32 Å². The Morgan fingerprint density at radius 3 is 2.68 bits per heavy atom. The predicted octanol–water partition coefficient (Wildman–Crippen LogP) is 5.45. The maximum Gasteiger partial charge on any atom is 0.333 e. The molecular weight excluding hydrogens is 554 g/mol. The summed E-state index contributed by atoms with van der Waals surface area (Å²) in [5.41, 5.74) is 2.74. The lowest BCUT2D eigenvalue weighted by molar-refractivity contribution is -0.119. The molecule has 1 aliphatic rings. The molecule has 0 saturated carbocycles. The molecule has 0 fully saturated rings. The number of nitrogens with one attached hydrogen (secondary N) is 1. The van der Waals surface area contributed by atoms with Gasteiger partial charge in [-0.25, -0.2) is 9.67 Å². The number of aryl methyl sites for hydroxylation is 1. The zero-order valence-corrected chi connectivity index (χ0v) is 22.9. The topological polar surface area (TPSA) is 113 Å². The van der Waals surface area contributed by atoms with Gasteiger partial charge in [-0.1, -0.05) is 24.9 Å². The molecule has 41 heavy (non-hydrogen) atoms. The lowest BCUT2D eigenvalue weighted by Crippen LogP contribution is -2.27.